The van der Waals surface area contributed by atoms with E-state index in [1.54, 1.807) is 0 Å². The summed E-state index contributed by atoms with van der Waals surface area (Å²) in [5, 5.41) is 4.49. The molecule has 1 amide bonds. The Balaban J connectivity index is 0.00000182. The lowest BCUT2D eigenvalue weighted by Crippen LogP contribution is -2.33. The molecule has 2 aromatic rings. The molecule has 6 heteroatoms. The van der Waals surface area contributed by atoms with E-state index in [4.69, 9.17) is 5.73 Å². The lowest BCUT2D eigenvalue weighted by molar-refractivity contribution is 0.0779. The Labute approximate surface area is 154 Å². The van der Waals surface area contributed by atoms with Crippen molar-refractivity contribution in [3.05, 3.63) is 47.3 Å². The fourth-order valence-corrected chi connectivity index (χ4v) is 4.29. The van der Waals surface area contributed by atoms with Gasteiger partial charge in [0.05, 0.1) is 11.4 Å². The summed E-state index contributed by atoms with van der Waals surface area (Å²) < 4.78 is 1.91. The number of rotatable bonds is 2. The average Bonchev–Trinajstić information content (AvgIpc) is 3.23. The van der Waals surface area contributed by atoms with Crippen molar-refractivity contribution in [1.29, 1.82) is 0 Å². The zero-order chi connectivity index (χ0) is 16.8. The van der Waals surface area contributed by atoms with Gasteiger partial charge in [0.15, 0.2) is 0 Å². The van der Waals surface area contributed by atoms with E-state index in [2.05, 4.69) is 5.10 Å². The van der Waals surface area contributed by atoms with Crippen LogP contribution in [0.25, 0.3) is 5.69 Å². The zero-order valence-electron chi connectivity index (χ0n) is 14.7. The molecule has 2 fully saturated rings. The minimum absolute atomic E-state index is 0. The summed E-state index contributed by atoms with van der Waals surface area (Å²) in [6.45, 7) is 5.68. The Kier molecular flexibility index (Phi) is 4.89. The van der Waals surface area contributed by atoms with E-state index in [1.165, 1.54) is 0 Å². The molecular formula is C19H25ClN4O. The van der Waals surface area contributed by atoms with Crippen LogP contribution in [0.5, 0.6) is 0 Å². The van der Waals surface area contributed by atoms with Crippen LogP contribution in [0.2, 0.25) is 0 Å². The lowest BCUT2D eigenvalue weighted by atomic mass is 9.98. The monoisotopic (exact) mass is 360 g/mol. The lowest BCUT2D eigenvalue weighted by Gasteiger charge is -2.19. The van der Waals surface area contributed by atoms with Gasteiger partial charge < -0.3 is 10.6 Å². The highest BCUT2D eigenvalue weighted by Crippen LogP contribution is 2.37. The van der Waals surface area contributed by atoms with Crippen LogP contribution >= 0.6 is 12.4 Å². The van der Waals surface area contributed by atoms with Crippen LogP contribution in [0.4, 0.5) is 0 Å². The van der Waals surface area contributed by atoms with Gasteiger partial charge >= 0.3 is 0 Å². The smallest absolute Gasteiger partial charge is 0.253 e. The molecule has 134 valence electrons. The van der Waals surface area contributed by atoms with Crippen LogP contribution in [0.3, 0.4) is 0 Å². The number of nitrogens with zero attached hydrogens (tertiary/aromatic N) is 3. The molecule has 0 spiro atoms. The molecule has 3 unspecified atom stereocenters. The van der Waals surface area contributed by atoms with Crippen molar-refractivity contribution in [2.75, 3.05) is 13.1 Å². The summed E-state index contributed by atoms with van der Waals surface area (Å²) in [5.41, 5.74) is 9.99. The molecular weight excluding hydrogens is 336 g/mol. The van der Waals surface area contributed by atoms with E-state index in [0.717, 1.165) is 48.6 Å². The minimum atomic E-state index is 0. The normalized spacial score (nSPS) is 24.9. The maximum atomic E-state index is 12.8. The molecule has 4 rings (SSSR count). The first-order valence-electron chi connectivity index (χ1n) is 8.71. The number of carbonyl (C=O) groups is 1. The van der Waals surface area contributed by atoms with Crippen LogP contribution in [-0.2, 0) is 0 Å². The SMILES string of the molecule is Cc1cc(C)n(-c2ccc(C(=O)N3CC4CCC(N)C4C3)cc2)n1.Cl. The number of hydrogen-bond donors (Lipinski definition) is 1. The summed E-state index contributed by atoms with van der Waals surface area (Å²) in [6, 6.07) is 10.1. The van der Waals surface area contributed by atoms with Crippen molar-refractivity contribution in [3.8, 4) is 5.69 Å². The number of likely N-dealkylation sites (tertiary alicyclic amines) is 1. The Morgan fingerprint density at radius 1 is 1.16 bits per heavy atom. The second kappa shape index (κ2) is 6.81. The maximum absolute atomic E-state index is 12.8. The predicted molar refractivity (Wildman–Crippen MR) is 100 cm³/mol. The number of nitrogens with two attached hydrogens (primary N) is 1. The number of halogens is 1. The standard InChI is InChI=1S/C19H24N4O.ClH/c1-12-9-13(2)23(21-12)16-6-3-14(4-7-16)19(24)22-10-15-5-8-18(20)17(15)11-22;/h3-4,6-7,9,15,17-18H,5,8,10-11,20H2,1-2H3;1H. The molecule has 2 N–H and O–H groups in total. The second-order valence-electron chi connectivity index (χ2n) is 7.26. The summed E-state index contributed by atoms with van der Waals surface area (Å²) >= 11 is 0. The third-order valence-electron chi connectivity index (χ3n) is 5.57. The third kappa shape index (κ3) is 3.18. The molecule has 1 aliphatic carbocycles. The maximum Gasteiger partial charge on any atom is 0.253 e. The molecule has 1 saturated carbocycles. The van der Waals surface area contributed by atoms with Crippen LogP contribution in [-0.4, -0.2) is 39.7 Å². The van der Waals surface area contributed by atoms with Gasteiger partial charge in [-0.1, -0.05) is 0 Å². The Morgan fingerprint density at radius 2 is 1.88 bits per heavy atom. The summed E-state index contributed by atoms with van der Waals surface area (Å²) in [6.07, 6.45) is 2.27. The van der Waals surface area contributed by atoms with Crippen molar-refractivity contribution in [2.24, 2.45) is 17.6 Å². The van der Waals surface area contributed by atoms with Crippen molar-refractivity contribution in [1.82, 2.24) is 14.7 Å². The molecule has 25 heavy (non-hydrogen) atoms. The molecule has 1 saturated heterocycles. The number of fused-ring (bicyclic) bond motifs is 1. The molecule has 5 nitrogen and oxygen atoms in total. The highest BCUT2D eigenvalue weighted by molar-refractivity contribution is 5.94. The number of amides is 1. The number of carbonyl (C=O) groups excluding carboxylic acids is 1. The van der Waals surface area contributed by atoms with E-state index in [0.29, 0.717) is 11.8 Å². The summed E-state index contributed by atoms with van der Waals surface area (Å²) in [5.74, 6) is 1.21. The van der Waals surface area contributed by atoms with E-state index < -0.39 is 0 Å². The summed E-state index contributed by atoms with van der Waals surface area (Å²) in [4.78, 5) is 14.7. The molecule has 3 atom stereocenters. The van der Waals surface area contributed by atoms with E-state index in [1.807, 2.05) is 53.8 Å². The van der Waals surface area contributed by atoms with E-state index in [9.17, 15) is 4.79 Å². The van der Waals surface area contributed by atoms with Crippen molar-refractivity contribution < 1.29 is 4.79 Å². The van der Waals surface area contributed by atoms with Crippen LogP contribution in [0.1, 0.15) is 34.6 Å². The van der Waals surface area contributed by atoms with Crippen LogP contribution in [0.15, 0.2) is 30.3 Å². The van der Waals surface area contributed by atoms with Gasteiger partial charge in [-0.2, -0.15) is 5.10 Å². The quantitative estimate of drug-likeness (QED) is 0.895. The summed E-state index contributed by atoms with van der Waals surface area (Å²) in [7, 11) is 0. The van der Waals surface area contributed by atoms with E-state index >= 15 is 0 Å². The molecule has 0 radical (unpaired) electrons. The Bertz CT molecular complexity index is 770. The average molecular weight is 361 g/mol. The molecule has 1 aromatic carbocycles. The largest absolute Gasteiger partial charge is 0.338 e. The first-order chi connectivity index (χ1) is 11.5. The molecule has 2 aliphatic rings. The molecule has 1 aliphatic heterocycles. The van der Waals surface area contributed by atoms with Crippen LogP contribution in [0, 0.1) is 25.7 Å². The van der Waals surface area contributed by atoms with Gasteiger partial charge in [0, 0.05) is 30.4 Å². The molecule has 1 aromatic heterocycles. The minimum Gasteiger partial charge on any atom is -0.338 e. The van der Waals surface area contributed by atoms with E-state index in [-0.39, 0.29) is 24.4 Å². The van der Waals surface area contributed by atoms with Crippen molar-refractivity contribution in [2.45, 2.75) is 32.7 Å². The first kappa shape index (κ1) is 18.0. The first-order valence-corrected chi connectivity index (χ1v) is 8.71. The predicted octanol–water partition coefficient (Wildman–Crippen LogP) is 2.72. The fraction of sp³-hybridized carbons (Fsp3) is 0.474. The van der Waals surface area contributed by atoms with Gasteiger partial charge in [-0.15, -0.1) is 12.4 Å². The number of aromatic nitrogens is 2. The van der Waals surface area contributed by atoms with Gasteiger partial charge in [-0.05, 0) is 68.9 Å². The van der Waals surface area contributed by atoms with Gasteiger partial charge in [0.2, 0.25) is 0 Å². The number of benzene rings is 1. The second-order valence-corrected chi connectivity index (χ2v) is 7.26. The van der Waals surface area contributed by atoms with Gasteiger partial charge in [-0.25, -0.2) is 4.68 Å². The van der Waals surface area contributed by atoms with Gasteiger partial charge in [-0.3, -0.25) is 4.79 Å². The topological polar surface area (TPSA) is 64.2 Å². The Morgan fingerprint density at radius 3 is 2.48 bits per heavy atom. The third-order valence-corrected chi connectivity index (χ3v) is 5.57. The Hall–Kier alpha value is -1.85. The number of hydrogen-bond acceptors (Lipinski definition) is 3. The fourth-order valence-electron chi connectivity index (χ4n) is 4.29. The van der Waals surface area contributed by atoms with Crippen molar-refractivity contribution >= 4 is 18.3 Å². The zero-order valence-corrected chi connectivity index (χ0v) is 15.5. The highest BCUT2D eigenvalue weighted by atomic mass is 35.5. The van der Waals surface area contributed by atoms with Gasteiger partial charge in [0.25, 0.3) is 5.91 Å². The highest BCUT2D eigenvalue weighted by Gasteiger charge is 2.42. The molecule has 2 heterocycles. The molecule has 0 bridgehead atoms. The van der Waals surface area contributed by atoms with Crippen LogP contribution < -0.4 is 5.73 Å². The number of aryl methyl sites for hydroxylation is 2. The van der Waals surface area contributed by atoms with Crippen molar-refractivity contribution in [3.63, 3.8) is 0 Å². The van der Waals surface area contributed by atoms with Gasteiger partial charge in [0.1, 0.15) is 0 Å².